The molecule has 1 aromatic carbocycles. The summed E-state index contributed by atoms with van der Waals surface area (Å²) in [5.74, 6) is -1.09. The van der Waals surface area contributed by atoms with Gasteiger partial charge >= 0.3 is 5.97 Å². The zero-order chi connectivity index (χ0) is 17.9. The Morgan fingerprint density at radius 3 is 2.50 bits per heavy atom. The predicted molar refractivity (Wildman–Crippen MR) is 90.9 cm³/mol. The largest absolute Gasteiger partial charge is 0.481 e. The Morgan fingerprint density at radius 2 is 1.96 bits per heavy atom. The smallest absolute Gasteiger partial charge is 0.305 e. The van der Waals surface area contributed by atoms with Crippen molar-refractivity contribution < 1.29 is 14.7 Å². The van der Waals surface area contributed by atoms with Crippen molar-refractivity contribution in [3.8, 4) is 0 Å². The number of aryl methyl sites for hydroxylation is 2. The number of carboxylic acids is 1. The highest BCUT2D eigenvalue weighted by molar-refractivity contribution is 5.93. The lowest BCUT2D eigenvalue weighted by atomic mass is 9.98. The molecular weight excluding hydrogens is 306 g/mol. The van der Waals surface area contributed by atoms with E-state index >= 15 is 0 Å². The van der Waals surface area contributed by atoms with Gasteiger partial charge in [-0.1, -0.05) is 38.1 Å². The summed E-state index contributed by atoms with van der Waals surface area (Å²) >= 11 is 0. The first-order valence-corrected chi connectivity index (χ1v) is 7.91. The van der Waals surface area contributed by atoms with Gasteiger partial charge in [-0.25, -0.2) is 0 Å². The minimum absolute atomic E-state index is 0.180. The molecule has 0 saturated heterocycles. The number of nitrogens with one attached hydrogen (secondary N) is 1. The first-order chi connectivity index (χ1) is 11.3. The molecule has 6 heteroatoms. The van der Waals surface area contributed by atoms with Crippen LogP contribution in [-0.4, -0.2) is 26.8 Å². The zero-order valence-electron chi connectivity index (χ0n) is 14.4. The fraction of sp³-hybridized carbons (Fsp3) is 0.389. The van der Waals surface area contributed by atoms with Crippen LogP contribution in [-0.2, 0) is 11.8 Å². The predicted octanol–water partition coefficient (Wildman–Crippen LogP) is 2.80. The Morgan fingerprint density at radius 1 is 1.29 bits per heavy atom. The molecule has 0 aliphatic rings. The number of carboxylic acid groups (broad SMARTS) is 1. The summed E-state index contributed by atoms with van der Waals surface area (Å²) in [5.41, 5.74) is 2.98. The summed E-state index contributed by atoms with van der Waals surface area (Å²) in [6.07, 6.45) is -0.180. The van der Waals surface area contributed by atoms with Gasteiger partial charge in [0.15, 0.2) is 0 Å². The fourth-order valence-corrected chi connectivity index (χ4v) is 2.76. The number of nitrogens with zero attached hydrogens (tertiary/aromatic N) is 2. The molecule has 6 nitrogen and oxygen atoms in total. The summed E-state index contributed by atoms with van der Waals surface area (Å²) in [5, 5.41) is 16.2. The lowest BCUT2D eigenvalue weighted by molar-refractivity contribution is -0.137. The summed E-state index contributed by atoms with van der Waals surface area (Å²) in [6.45, 7) is 5.95. The van der Waals surface area contributed by atoms with Crippen LogP contribution in [0.25, 0.3) is 0 Å². The number of aromatic nitrogens is 2. The summed E-state index contributed by atoms with van der Waals surface area (Å²) in [6, 6.07) is 8.60. The molecule has 1 heterocycles. The average molecular weight is 329 g/mol. The van der Waals surface area contributed by atoms with Crippen molar-refractivity contribution in [2.75, 3.05) is 0 Å². The fourth-order valence-electron chi connectivity index (χ4n) is 2.76. The molecule has 0 radical (unpaired) electrons. The van der Waals surface area contributed by atoms with E-state index in [1.54, 1.807) is 17.8 Å². The number of hydrogen-bond acceptors (Lipinski definition) is 3. The minimum Gasteiger partial charge on any atom is -0.481 e. The van der Waals surface area contributed by atoms with Crippen LogP contribution in [0.4, 0.5) is 0 Å². The third-order valence-electron chi connectivity index (χ3n) is 3.99. The van der Waals surface area contributed by atoms with E-state index in [9.17, 15) is 9.59 Å². The van der Waals surface area contributed by atoms with Crippen LogP contribution >= 0.6 is 0 Å². The number of aliphatic carboxylic acids is 1. The SMILES string of the molecule is Cc1ccccc1C(CC(=O)O)NC(=O)c1cc(C(C)C)n(C)n1. The van der Waals surface area contributed by atoms with Crippen LogP contribution in [0.2, 0.25) is 0 Å². The van der Waals surface area contributed by atoms with Gasteiger partial charge in [0.2, 0.25) is 0 Å². The molecule has 2 aromatic rings. The summed E-state index contributed by atoms with van der Waals surface area (Å²) < 4.78 is 1.68. The number of benzene rings is 1. The highest BCUT2D eigenvalue weighted by atomic mass is 16.4. The molecule has 1 unspecified atom stereocenters. The second-order valence-corrected chi connectivity index (χ2v) is 6.21. The third kappa shape index (κ3) is 4.01. The number of amides is 1. The van der Waals surface area contributed by atoms with Crippen LogP contribution in [0.1, 0.15) is 59.5 Å². The standard InChI is InChI=1S/C18H23N3O3/c1-11(2)16-9-15(20-21(16)4)18(24)19-14(10-17(22)23)13-8-6-5-7-12(13)3/h5-9,11,14H,10H2,1-4H3,(H,19,24)(H,22,23). The Bertz CT molecular complexity index is 750. The molecule has 2 N–H and O–H groups in total. The lowest BCUT2D eigenvalue weighted by Crippen LogP contribution is -2.31. The van der Waals surface area contributed by atoms with Gasteiger partial charge in [-0.2, -0.15) is 5.10 Å². The highest BCUT2D eigenvalue weighted by Crippen LogP contribution is 2.22. The second kappa shape index (κ2) is 7.29. The molecule has 24 heavy (non-hydrogen) atoms. The molecule has 0 fully saturated rings. The number of carbonyl (C=O) groups excluding carboxylic acids is 1. The Hall–Kier alpha value is -2.63. The number of rotatable bonds is 6. The molecule has 0 aliphatic heterocycles. The molecule has 1 atom stereocenters. The summed E-state index contributed by atoms with van der Waals surface area (Å²) in [4.78, 5) is 23.7. The van der Waals surface area contributed by atoms with Crippen molar-refractivity contribution in [2.24, 2.45) is 7.05 Å². The van der Waals surface area contributed by atoms with Crippen molar-refractivity contribution >= 4 is 11.9 Å². The maximum atomic E-state index is 12.5. The molecular formula is C18H23N3O3. The van der Waals surface area contributed by atoms with Crippen LogP contribution in [0, 0.1) is 6.92 Å². The van der Waals surface area contributed by atoms with Crippen LogP contribution in [0.3, 0.4) is 0 Å². The Labute approximate surface area is 141 Å². The first kappa shape index (κ1) is 17.7. The van der Waals surface area contributed by atoms with Crippen LogP contribution in [0.15, 0.2) is 30.3 Å². The molecule has 0 saturated carbocycles. The van der Waals surface area contributed by atoms with Gasteiger partial charge in [0.25, 0.3) is 5.91 Å². The molecule has 0 bridgehead atoms. The quantitative estimate of drug-likeness (QED) is 0.853. The number of carbonyl (C=O) groups is 2. The van der Waals surface area contributed by atoms with Crippen molar-refractivity contribution in [1.82, 2.24) is 15.1 Å². The molecule has 0 aliphatic carbocycles. The van der Waals surface area contributed by atoms with E-state index in [0.717, 1.165) is 16.8 Å². The monoisotopic (exact) mass is 329 g/mol. The van der Waals surface area contributed by atoms with Gasteiger partial charge in [-0.05, 0) is 30.0 Å². The Kier molecular flexibility index (Phi) is 5.39. The van der Waals surface area contributed by atoms with Crippen molar-refractivity contribution in [2.45, 2.75) is 39.2 Å². The van der Waals surface area contributed by atoms with E-state index in [4.69, 9.17) is 5.11 Å². The zero-order valence-corrected chi connectivity index (χ0v) is 14.4. The molecule has 0 spiro atoms. The van der Waals surface area contributed by atoms with Gasteiger partial charge in [0, 0.05) is 12.7 Å². The minimum atomic E-state index is -0.965. The van der Waals surface area contributed by atoms with E-state index < -0.39 is 12.0 Å². The molecule has 128 valence electrons. The van der Waals surface area contributed by atoms with Crippen molar-refractivity contribution in [3.63, 3.8) is 0 Å². The maximum absolute atomic E-state index is 12.5. The lowest BCUT2D eigenvalue weighted by Gasteiger charge is -2.18. The van der Waals surface area contributed by atoms with Crippen molar-refractivity contribution in [1.29, 1.82) is 0 Å². The summed E-state index contributed by atoms with van der Waals surface area (Å²) in [7, 11) is 1.79. The van der Waals surface area contributed by atoms with Gasteiger partial charge in [0.1, 0.15) is 5.69 Å². The average Bonchev–Trinajstić information content (AvgIpc) is 2.89. The third-order valence-corrected chi connectivity index (χ3v) is 3.99. The van der Waals surface area contributed by atoms with Crippen LogP contribution < -0.4 is 5.32 Å². The van der Waals surface area contributed by atoms with Crippen LogP contribution in [0.5, 0.6) is 0 Å². The van der Waals surface area contributed by atoms with E-state index in [1.807, 2.05) is 45.0 Å². The van der Waals surface area contributed by atoms with Gasteiger partial charge in [-0.15, -0.1) is 0 Å². The Balaban J connectivity index is 2.26. The number of hydrogen-bond donors (Lipinski definition) is 2. The van der Waals surface area contributed by atoms with E-state index in [-0.39, 0.29) is 18.2 Å². The van der Waals surface area contributed by atoms with E-state index in [0.29, 0.717) is 5.69 Å². The van der Waals surface area contributed by atoms with Crippen molar-refractivity contribution in [3.05, 3.63) is 52.8 Å². The van der Waals surface area contributed by atoms with E-state index in [2.05, 4.69) is 10.4 Å². The normalized spacial score (nSPS) is 12.2. The second-order valence-electron chi connectivity index (χ2n) is 6.21. The maximum Gasteiger partial charge on any atom is 0.305 e. The van der Waals surface area contributed by atoms with Gasteiger partial charge in [0.05, 0.1) is 12.5 Å². The van der Waals surface area contributed by atoms with Gasteiger partial charge in [-0.3, -0.25) is 14.3 Å². The molecule has 1 aromatic heterocycles. The van der Waals surface area contributed by atoms with Gasteiger partial charge < -0.3 is 10.4 Å². The molecule has 2 rings (SSSR count). The molecule has 1 amide bonds. The highest BCUT2D eigenvalue weighted by Gasteiger charge is 2.22. The van der Waals surface area contributed by atoms with E-state index in [1.165, 1.54) is 0 Å². The topological polar surface area (TPSA) is 84.2 Å². The first-order valence-electron chi connectivity index (χ1n) is 7.91.